The molecule has 0 aliphatic heterocycles. The van der Waals surface area contributed by atoms with Crippen LogP contribution in [0.2, 0.25) is 0 Å². The van der Waals surface area contributed by atoms with E-state index in [-0.39, 0.29) is 12.2 Å². The van der Waals surface area contributed by atoms with Gasteiger partial charge in [0.2, 0.25) is 0 Å². The van der Waals surface area contributed by atoms with Crippen molar-refractivity contribution in [2.45, 2.75) is 25.8 Å². The van der Waals surface area contributed by atoms with Crippen molar-refractivity contribution in [3.8, 4) is 0 Å². The first-order valence-electron chi connectivity index (χ1n) is 4.02. The molecular formula is C7H17NO4S. The van der Waals surface area contributed by atoms with Crippen molar-refractivity contribution >= 4 is 10.1 Å². The highest BCUT2D eigenvalue weighted by Gasteiger charge is 2.10. The molecule has 0 aromatic heterocycles. The summed E-state index contributed by atoms with van der Waals surface area (Å²) in [6, 6.07) is 0. The molecule has 0 unspecified atom stereocenters. The molecule has 3 N–H and O–H groups in total. The van der Waals surface area contributed by atoms with Gasteiger partial charge in [-0.25, -0.2) is 0 Å². The average Bonchev–Trinajstić information content (AvgIpc) is 1.81. The van der Waals surface area contributed by atoms with Gasteiger partial charge >= 0.3 is 0 Å². The molecule has 0 spiro atoms. The minimum absolute atomic E-state index is 0.266. The molecule has 0 aromatic carbocycles. The van der Waals surface area contributed by atoms with Gasteiger partial charge in [0.15, 0.2) is 0 Å². The quantitative estimate of drug-likeness (QED) is 0.477. The number of rotatable bonds is 6. The van der Waals surface area contributed by atoms with E-state index in [0.29, 0.717) is 13.2 Å². The smallest absolute Gasteiger partial charge is 0.264 e. The van der Waals surface area contributed by atoms with E-state index in [9.17, 15) is 8.42 Å². The van der Waals surface area contributed by atoms with Gasteiger partial charge < -0.3 is 10.5 Å². The molecule has 0 heterocycles. The average molecular weight is 211 g/mol. The monoisotopic (exact) mass is 211 g/mol. The van der Waals surface area contributed by atoms with Crippen molar-refractivity contribution in [2.24, 2.45) is 5.73 Å². The highest BCUT2D eigenvalue weighted by Crippen LogP contribution is 1.98. The molecule has 13 heavy (non-hydrogen) atoms. The lowest BCUT2D eigenvalue weighted by Crippen LogP contribution is -2.37. The standard InChI is InChI=1S/C7H17NO4S/c1-7(2,8)6-12-4-3-5-13(9,10)11/h3-6,8H2,1-2H3,(H,9,10,11). The maximum Gasteiger partial charge on any atom is 0.264 e. The first-order valence-corrected chi connectivity index (χ1v) is 5.63. The van der Waals surface area contributed by atoms with Gasteiger partial charge in [-0.05, 0) is 20.3 Å². The van der Waals surface area contributed by atoms with E-state index in [1.165, 1.54) is 0 Å². The molecule has 0 aliphatic carbocycles. The molecule has 0 amide bonds. The molecular weight excluding hydrogens is 194 g/mol. The van der Waals surface area contributed by atoms with E-state index < -0.39 is 15.7 Å². The van der Waals surface area contributed by atoms with E-state index in [0.717, 1.165) is 0 Å². The van der Waals surface area contributed by atoms with Crippen LogP contribution in [-0.4, -0.2) is 37.5 Å². The Bertz CT molecular complexity index is 229. The summed E-state index contributed by atoms with van der Waals surface area (Å²) >= 11 is 0. The summed E-state index contributed by atoms with van der Waals surface area (Å²) in [6.45, 7) is 4.30. The summed E-state index contributed by atoms with van der Waals surface area (Å²) in [7, 11) is -3.85. The number of nitrogens with two attached hydrogens (primary N) is 1. The predicted octanol–water partition coefficient (Wildman–Crippen LogP) is 0.0182. The van der Waals surface area contributed by atoms with Crippen LogP contribution < -0.4 is 5.73 Å². The van der Waals surface area contributed by atoms with E-state index in [4.69, 9.17) is 15.0 Å². The van der Waals surface area contributed by atoms with E-state index in [1.807, 2.05) is 13.8 Å². The Kier molecular flexibility index (Phi) is 4.83. The zero-order valence-corrected chi connectivity index (χ0v) is 8.80. The zero-order chi connectivity index (χ0) is 10.5. The minimum Gasteiger partial charge on any atom is -0.380 e. The largest absolute Gasteiger partial charge is 0.380 e. The second-order valence-electron chi connectivity index (χ2n) is 3.68. The van der Waals surface area contributed by atoms with Crippen molar-refractivity contribution in [3.05, 3.63) is 0 Å². The fourth-order valence-electron chi connectivity index (χ4n) is 0.679. The molecule has 0 rings (SSSR count). The third-order valence-electron chi connectivity index (χ3n) is 1.17. The molecule has 5 nitrogen and oxygen atoms in total. The summed E-state index contributed by atoms with van der Waals surface area (Å²) in [5.41, 5.74) is 5.21. The maximum absolute atomic E-state index is 10.3. The number of hydrogen-bond donors (Lipinski definition) is 2. The topological polar surface area (TPSA) is 89.6 Å². The van der Waals surface area contributed by atoms with Crippen molar-refractivity contribution in [3.63, 3.8) is 0 Å². The molecule has 0 radical (unpaired) electrons. The van der Waals surface area contributed by atoms with Gasteiger partial charge in [0, 0.05) is 12.1 Å². The lowest BCUT2D eigenvalue weighted by Gasteiger charge is -2.17. The van der Waals surface area contributed by atoms with Gasteiger partial charge in [-0.1, -0.05) is 0 Å². The number of ether oxygens (including phenoxy) is 1. The molecule has 0 atom stereocenters. The SMILES string of the molecule is CC(C)(N)COCCCS(=O)(=O)O. The Labute approximate surface area is 79.0 Å². The van der Waals surface area contributed by atoms with Crippen LogP contribution in [0.25, 0.3) is 0 Å². The molecule has 0 fully saturated rings. The second kappa shape index (κ2) is 4.90. The minimum atomic E-state index is -3.85. The Balaban J connectivity index is 3.39. The fourth-order valence-corrected chi connectivity index (χ4v) is 1.16. The van der Waals surface area contributed by atoms with Crippen LogP contribution in [0.4, 0.5) is 0 Å². The third kappa shape index (κ3) is 11.8. The van der Waals surface area contributed by atoms with E-state index in [1.54, 1.807) is 0 Å². The van der Waals surface area contributed by atoms with Gasteiger partial charge in [0.05, 0.1) is 12.4 Å². The molecule has 0 aromatic rings. The van der Waals surface area contributed by atoms with Gasteiger partial charge in [-0.3, -0.25) is 4.55 Å². The van der Waals surface area contributed by atoms with Crippen molar-refractivity contribution in [1.29, 1.82) is 0 Å². The van der Waals surface area contributed by atoms with Crippen LogP contribution >= 0.6 is 0 Å². The van der Waals surface area contributed by atoms with Gasteiger partial charge in [0.25, 0.3) is 10.1 Å². The van der Waals surface area contributed by atoms with Gasteiger partial charge in [-0.2, -0.15) is 8.42 Å². The summed E-state index contributed by atoms with van der Waals surface area (Å²) < 4.78 is 34.0. The third-order valence-corrected chi connectivity index (χ3v) is 1.97. The molecule has 0 saturated carbocycles. The summed E-state index contributed by atoms with van der Waals surface area (Å²) in [6.07, 6.45) is 0.287. The first kappa shape index (κ1) is 12.8. The highest BCUT2D eigenvalue weighted by molar-refractivity contribution is 7.85. The number of hydrogen-bond acceptors (Lipinski definition) is 4. The van der Waals surface area contributed by atoms with Crippen LogP contribution in [0, 0.1) is 0 Å². The molecule has 0 aliphatic rings. The van der Waals surface area contributed by atoms with Crippen LogP contribution in [-0.2, 0) is 14.9 Å². The second-order valence-corrected chi connectivity index (χ2v) is 5.25. The van der Waals surface area contributed by atoms with Crippen molar-refractivity contribution < 1.29 is 17.7 Å². The molecule has 80 valence electrons. The summed E-state index contributed by atoms with van der Waals surface area (Å²) in [5, 5.41) is 0. The van der Waals surface area contributed by atoms with Crippen molar-refractivity contribution in [1.82, 2.24) is 0 Å². The lowest BCUT2D eigenvalue weighted by molar-refractivity contribution is 0.0979. The first-order chi connectivity index (χ1) is 5.71. The van der Waals surface area contributed by atoms with Crippen molar-refractivity contribution in [2.75, 3.05) is 19.0 Å². The molecule has 6 heteroatoms. The molecule has 0 saturated heterocycles. The lowest BCUT2D eigenvalue weighted by atomic mass is 10.1. The normalized spacial score (nSPS) is 13.2. The Hall–Kier alpha value is -0.170. The van der Waals surface area contributed by atoms with Gasteiger partial charge in [-0.15, -0.1) is 0 Å². The zero-order valence-electron chi connectivity index (χ0n) is 7.99. The van der Waals surface area contributed by atoms with E-state index in [2.05, 4.69) is 0 Å². The van der Waals surface area contributed by atoms with Crippen LogP contribution in [0.15, 0.2) is 0 Å². The summed E-state index contributed by atoms with van der Waals surface area (Å²) in [5.74, 6) is -0.266. The fraction of sp³-hybridized carbons (Fsp3) is 1.00. The highest BCUT2D eigenvalue weighted by atomic mass is 32.2. The maximum atomic E-state index is 10.3. The Morgan fingerprint density at radius 1 is 1.46 bits per heavy atom. The summed E-state index contributed by atoms with van der Waals surface area (Å²) in [4.78, 5) is 0. The van der Waals surface area contributed by atoms with Gasteiger partial charge in [0.1, 0.15) is 0 Å². The van der Waals surface area contributed by atoms with Crippen LogP contribution in [0.5, 0.6) is 0 Å². The van der Waals surface area contributed by atoms with Crippen LogP contribution in [0.1, 0.15) is 20.3 Å². The Morgan fingerprint density at radius 3 is 2.38 bits per heavy atom. The van der Waals surface area contributed by atoms with E-state index >= 15 is 0 Å². The Morgan fingerprint density at radius 2 is 2.00 bits per heavy atom. The molecule has 0 bridgehead atoms. The predicted molar refractivity (Wildman–Crippen MR) is 50.1 cm³/mol. The van der Waals surface area contributed by atoms with Crippen LogP contribution in [0.3, 0.4) is 0 Å².